The standard InChI is InChI=1S/C11H23N3O3S/c1-11(2,18(3,15)16)8-14-10(12)13-7-9-5-4-6-17-9/h9H,4-8H2,1-3H3,(H3,12,13,14). The number of nitrogens with two attached hydrogens (primary N) is 1. The van der Waals surface area contributed by atoms with E-state index in [1.54, 1.807) is 13.8 Å². The highest BCUT2D eigenvalue weighted by molar-refractivity contribution is 7.92. The van der Waals surface area contributed by atoms with E-state index in [0.717, 1.165) is 19.4 Å². The molecule has 0 radical (unpaired) electrons. The van der Waals surface area contributed by atoms with Crippen molar-refractivity contribution in [2.24, 2.45) is 10.7 Å². The molecule has 0 bridgehead atoms. The summed E-state index contributed by atoms with van der Waals surface area (Å²) in [4.78, 5) is 4.07. The van der Waals surface area contributed by atoms with Gasteiger partial charge in [0.25, 0.3) is 0 Å². The molecule has 3 N–H and O–H groups in total. The van der Waals surface area contributed by atoms with Crippen molar-refractivity contribution in [2.45, 2.75) is 37.5 Å². The van der Waals surface area contributed by atoms with Gasteiger partial charge in [-0.1, -0.05) is 0 Å². The van der Waals surface area contributed by atoms with Crippen molar-refractivity contribution in [3.8, 4) is 0 Å². The normalized spacial score (nSPS) is 22.2. The number of hydrogen-bond donors (Lipinski definition) is 2. The van der Waals surface area contributed by atoms with Crippen LogP contribution in [0.25, 0.3) is 0 Å². The molecule has 0 saturated carbocycles. The van der Waals surface area contributed by atoms with Gasteiger partial charge in [-0.3, -0.25) is 4.99 Å². The summed E-state index contributed by atoms with van der Waals surface area (Å²) < 4.78 is 27.5. The molecule has 0 aliphatic carbocycles. The van der Waals surface area contributed by atoms with Crippen LogP contribution >= 0.6 is 0 Å². The summed E-state index contributed by atoms with van der Waals surface area (Å²) in [7, 11) is -3.14. The molecule has 1 fully saturated rings. The molecule has 7 heteroatoms. The van der Waals surface area contributed by atoms with E-state index in [9.17, 15) is 8.42 Å². The first-order valence-electron chi connectivity index (χ1n) is 6.07. The molecule has 0 amide bonds. The molecule has 0 aromatic carbocycles. The first kappa shape index (κ1) is 15.2. The predicted molar refractivity (Wildman–Crippen MR) is 72.4 cm³/mol. The number of rotatable bonds is 5. The Morgan fingerprint density at radius 2 is 2.22 bits per heavy atom. The maximum absolute atomic E-state index is 11.5. The second-order valence-electron chi connectivity index (χ2n) is 5.25. The first-order valence-corrected chi connectivity index (χ1v) is 7.96. The molecule has 1 heterocycles. The minimum atomic E-state index is -3.14. The molecule has 1 saturated heterocycles. The maximum Gasteiger partial charge on any atom is 0.188 e. The average Bonchev–Trinajstić information content (AvgIpc) is 2.74. The predicted octanol–water partition coefficient (Wildman–Crippen LogP) is -0.107. The third-order valence-corrected chi connectivity index (χ3v) is 5.31. The Labute approximate surface area is 109 Å². The molecule has 0 spiro atoms. The van der Waals surface area contributed by atoms with Gasteiger partial charge in [0, 0.05) is 19.4 Å². The summed E-state index contributed by atoms with van der Waals surface area (Å²) in [6.45, 7) is 4.84. The Hall–Kier alpha value is -0.820. The Balaban J connectivity index is 2.41. The number of aliphatic imine (C=N–C) groups is 1. The first-order chi connectivity index (χ1) is 8.22. The van der Waals surface area contributed by atoms with E-state index < -0.39 is 14.6 Å². The summed E-state index contributed by atoms with van der Waals surface area (Å²) in [5.41, 5.74) is 5.69. The Bertz CT molecular complexity index is 398. The minimum Gasteiger partial charge on any atom is -0.376 e. The fraction of sp³-hybridized carbons (Fsp3) is 0.909. The summed E-state index contributed by atoms with van der Waals surface area (Å²) in [6, 6.07) is 0. The van der Waals surface area contributed by atoms with E-state index in [1.807, 2.05) is 0 Å². The van der Waals surface area contributed by atoms with Gasteiger partial charge in [-0.05, 0) is 26.7 Å². The monoisotopic (exact) mass is 277 g/mol. The van der Waals surface area contributed by atoms with Crippen molar-refractivity contribution in [1.29, 1.82) is 0 Å². The lowest BCUT2D eigenvalue weighted by Crippen LogP contribution is -2.40. The number of ether oxygens (including phenoxy) is 1. The molecule has 1 aliphatic heterocycles. The van der Waals surface area contributed by atoms with E-state index in [4.69, 9.17) is 10.5 Å². The van der Waals surface area contributed by atoms with E-state index in [1.165, 1.54) is 6.26 Å². The van der Waals surface area contributed by atoms with Crippen LogP contribution in [-0.2, 0) is 14.6 Å². The summed E-state index contributed by atoms with van der Waals surface area (Å²) in [6.07, 6.45) is 3.49. The molecule has 1 unspecified atom stereocenters. The van der Waals surface area contributed by atoms with Crippen molar-refractivity contribution in [1.82, 2.24) is 5.32 Å². The minimum absolute atomic E-state index is 0.149. The van der Waals surface area contributed by atoms with Gasteiger partial charge in [-0.25, -0.2) is 8.42 Å². The quantitative estimate of drug-likeness (QED) is 0.540. The van der Waals surface area contributed by atoms with Gasteiger partial charge in [0.05, 0.1) is 17.4 Å². The van der Waals surface area contributed by atoms with Gasteiger partial charge in [0.1, 0.15) is 0 Å². The van der Waals surface area contributed by atoms with Crippen LogP contribution in [0.4, 0.5) is 0 Å². The van der Waals surface area contributed by atoms with E-state index in [0.29, 0.717) is 6.54 Å². The van der Waals surface area contributed by atoms with E-state index in [2.05, 4.69) is 10.3 Å². The van der Waals surface area contributed by atoms with Crippen molar-refractivity contribution in [3.63, 3.8) is 0 Å². The van der Waals surface area contributed by atoms with Crippen LogP contribution in [0.1, 0.15) is 26.7 Å². The van der Waals surface area contributed by atoms with Crippen LogP contribution in [0.5, 0.6) is 0 Å². The maximum atomic E-state index is 11.5. The van der Waals surface area contributed by atoms with Crippen LogP contribution in [-0.4, -0.2) is 51.2 Å². The van der Waals surface area contributed by atoms with Gasteiger partial charge < -0.3 is 15.8 Å². The molecule has 0 aromatic heterocycles. The fourth-order valence-electron chi connectivity index (χ4n) is 1.47. The van der Waals surface area contributed by atoms with Crippen LogP contribution in [0.15, 0.2) is 4.99 Å². The number of hydrogen-bond acceptors (Lipinski definition) is 4. The average molecular weight is 277 g/mol. The van der Waals surface area contributed by atoms with E-state index in [-0.39, 0.29) is 18.6 Å². The van der Waals surface area contributed by atoms with Gasteiger partial charge in [-0.2, -0.15) is 0 Å². The molecule has 106 valence electrons. The van der Waals surface area contributed by atoms with Crippen molar-refractivity contribution < 1.29 is 13.2 Å². The molecule has 1 aliphatic rings. The molecule has 0 aromatic rings. The number of nitrogens with one attached hydrogen (secondary N) is 1. The Morgan fingerprint density at radius 1 is 1.56 bits per heavy atom. The van der Waals surface area contributed by atoms with Gasteiger partial charge in [0.2, 0.25) is 0 Å². The van der Waals surface area contributed by atoms with Gasteiger partial charge in [-0.15, -0.1) is 0 Å². The topological polar surface area (TPSA) is 93.8 Å². The number of guanidine groups is 1. The van der Waals surface area contributed by atoms with Crippen molar-refractivity contribution >= 4 is 15.8 Å². The summed E-state index contributed by atoms with van der Waals surface area (Å²) in [5.74, 6) is 0.266. The summed E-state index contributed by atoms with van der Waals surface area (Å²) in [5, 5.41) is 2.96. The second-order valence-corrected chi connectivity index (χ2v) is 7.90. The van der Waals surface area contributed by atoms with E-state index >= 15 is 0 Å². The second kappa shape index (κ2) is 5.88. The Kier molecular flexibility index (Phi) is 4.98. The molecular weight excluding hydrogens is 254 g/mol. The zero-order valence-corrected chi connectivity index (χ0v) is 12.1. The SMILES string of the molecule is CC(C)(CN=C(N)NCC1CCCO1)S(C)(=O)=O. The lowest BCUT2D eigenvalue weighted by molar-refractivity contribution is 0.114. The molecule has 18 heavy (non-hydrogen) atoms. The summed E-state index contributed by atoms with van der Waals surface area (Å²) >= 11 is 0. The largest absolute Gasteiger partial charge is 0.376 e. The van der Waals surface area contributed by atoms with Crippen LogP contribution in [0, 0.1) is 0 Å². The molecule has 1 atom stereocenters. The highest BCUT2D eigenvalue weighted by atomic mass is 32.2. The number of nitrogens with zero attached hydrogens (tertiary/aromatic N) is 1. The molecular formula is C11H23N3O3S. The third-order valence-electron chi connectivity index (χ3n) is 3.17. The molecule has 6 nitrogen and oxygen atoms in total. The van der Waals surface area contributed by atoms with Crippen LogP contribution < -0.4 is 11.1 Å². The fourth-order valence-corrected chi connectivity index (χ4v) is 1.77. The highest BCUT2D eigenvalue weighted by Crippen LogP contribution is 2.15. The lowest BCUT2D eigenvalue weighted by atomic mass is 10.2. The van der Waals surface area contributed by atoms with Crippen molar-refractivity contribution in [3.05, 3.63) is 0 Å². The molecule has 1 rings (SSSR count). The zero-order valence-electron chi connectivity index (χ0n) is 11.3. The highest BCUT2D eigenvalue weighted by Gasteiger charge is 2.29. The van der Waals surface area contributed by atoms with Crippen LogP contribution in [0.3, 0.4) is 0 Å². The smallest absolute Gasteiger partial charge is 0.188 e. The van der Waals surface area contributed by atoms with Crippen LogP contribution in [0.2, 0.25) is 0 Å². The third kappa shape index (κ3) is 4.45. The van der Waals surface area contributed by atoms with Crippen molar-refractivity contribution in [2.75, 3.05) is 26.0 Å². The number of sulfone groups is 1. The van der Waals surface area contributed by atoms with Gasteiger partial charge in [0.15, 0.2) is 15.8 Å². The van der Waals surface area contributed by atoms with Gasteiger partial charge >= 0.3 is 0 Å². The Morgan fingerprint density at radius 3 is 2.72 bits per heavy atom. The zero-order chi connectivity index (χ0) is 13.8. The lowest BCUT2D eigenvalue weighted by Gasteiger charge is -2.20.